The minimum absolute atomic E-state index is 0.409. The molecule has 4 nitrogen and oxygen atoms in total. The third-order valence-electron chi connectivity index (χ3n) is 1.95. The maximum absolute atomic E-state index is 5.79. The van der Waals surface area contributed by atoms with Crippen LogP contribution in [0.25, 0.3) is 11.3 Å². The van der Waals surface area contributed by atoms with Crippen LogP contribution in [-0.4, -0.2) is 21.6 Å². The normalized spacial score (nSPS) is 10.1. The Morgan fingerprint density at radius 1 is 1.25 bits per heavy atom. The second kappa shape index (κ2) is 4.90. The van der Waals surface area contributed by atoms with E-state index in [9.17, 15) is 0 Å². The third kappa shape index (κ3) is 2.46. The van der Waals surface area contributed by atoms with Crippen LogP contribution in [0, 0.1) is 0 Å². The van der Waals surface area contributed by atoms with Gasteiger partial charge in [0.1, 0.15) is 17.2 Å². The summed E-state index contributed by atoms with van der Waals surface area (Å²) < 4.78 is 5.36. The first-order valence-electron chi connectivity index (χ1n) is 4.85. The van der Waals surface area contributed by atoms with Crippen LogP contribution in [0.1, 0.15) is 6.92 Å². The molecule has 0 bridgehead atoms. The van der Waals surface area contributed by atoms with E-state index in [4.69, 9.17) is 16.3 Å². The maximum atomic E-state index is 5.79. The molecule has 0 saturated heterocycles. The van der Waals surface area contributed by atoms with Gasteiger partial charge in [-0.1, -0.05) is 11.6 Å². The largest absolute Gasteiger partial charge is 0.492 e. The lowest BCUT2D eigenvalue weighted by Crippen LogP contribution is -1.93. The molecule has 0 N–H and O–H groups in total. The molecule has 82 valence electrons. The predicted octanol–water partition coefficient (Wildman–Crippen LogP) is 2.59. The quantitative estimate of drug-likeness (QED) is 0.768. The summed E-state index contributed by atoms with van der Waals surface area (Å²) in [5.74, 6) is 0.717. The molecule has 0 fully saturated rings. The number of halogens is 1. The Labute approximate surface area is 98.3 Å². The molecule has 0 radical (unpaired) electrons. The molecule has 0 spiro atoms. The van der Waals surface area contributed by atoms with E-state index in [0.717, 1.165) is 17.0 Å². The molecule has 5 heteroatoms. The third-order valence-corrected chi connectivity index (χ3v) is 2.16. The van der Waals surface area contributed by atoms with Gasteiger partial charge in [0.25, 0.3) is 0 Å². The summed E-state index contributed by atoms with van der Waals surface area (Å²) in [5.41, 5.74) is 1.59. The Morgan fingerprint density at radius 3 is 2.88 bits per heavy atom. The van der Waals surface area contributed by atoms with Crippen LogP contribution in [-0.2, 0) is 0 Å². The van der Waals surface area contributed by atoms with Crippen molar-refractivity contribution in [2.45, 2.75) is 6.92 Å². The molecule has 2 aromatic heterocycles. The lowest BCUT2D eigenvalue weighted by atomic mass is 10.2. The molecule has 0 aliphatic heterocycles. The molecule has 2 aromatic rings. The van der Waals surface area contributed by atoms with Crippen molar-refractivity contribution in [1.29, 1.82) is 0 Å². The molecule has 0 unspecified atom stereocenters. The zero-order valence-electron chi connectivity index (χ0n) is 8.72. The summed E-state index contributed by atoms with van der Waals surface area (Å²) in [6.07, 6.45) is 4.79. The van der Waals surface area contributed by atoms with Gasteiger partial charge >= 0.3 is 0 Å². The highest BCUT2D eigenvalue weighted by molar-refractivity contribution is 6.29. The lowest BCUT2D eigenvalue weighted by molar-refractivity contribution is 0.339. The standard InChI is InChI=1S/C11H10ClN3O/c1-2-16-9-3-8(5-13-6-9)10-4-11(12)15-7-14-10/h3-7H,2H2,1H3. The lowest BCUT2D eigenvalue weighted by Gasteiger charge is -2.04. The Balaban J connectivity index is 2.36. The summed E-state index contributed by atoms with van der Waals surface area (Å²) in [7, 11) is 0. The average Bonchev–Trinajstić information content (AvgIpc) is 2.30. The van der Waals surface area contributed by atoms with Crippen molar-refractivity contribution in [1.82, 2.24) is 15.0 Å². The number of ether oxygens (including phenoxy) is 1. The highest BCUT2D eigenvalue weighted by Gasteiger charge is 2.03. The Hall–Kier alpha value is -1.68. The van der Waals surface area contributed by atoms with E-state index in [0.29, 0.717) is 11.8 Å². The molecule has 0 atom stereocenters. The highest BCUT2D eigenvalue weighted by Crippen LogP contribution is 2.21. The second-order valence-corrected chi connectivity index (χ2v) is 3.46. The minimum Gasteiger partial charge on any atom is -0.492 e. The molecule has 0 aliphatic carbocycles. The smallest absolute Gasteiger partial charge is 0.138 e. The fourth-order valence-corrected chi connectivity index (χ4v) is 1.44. The van der Waals surface area contributed by atoms with Gasteiger partial charge in [-0.25, -0.2) is 9.97 Å². The molecule has 0 aromatic carbocycles. The zero-order chi connectivity index (χ0) is 11.4. The summed E-state index contributed by atoms with van der Waals surface area (Å²) in [6, 6.07) is 3.56. The monoisotopic (exact) mass is 235 g/mol. The molecule has 2 heterocycles. The molecule has 16 heavy (non-hydrogen) atoms. The summed E-state index contributed by atoms with van der Waals surface area (Å²) in [4.78, 5) is 12.0. The van der Waals surface area contributed by atoms with Gasteiger partial charge in [-0.3, -0.25) is 4.98 Å². The van der Waals surface area contributed by atoms with Crippen molar-refractivity contribution in [2.75, 3.05) is 6.61 Å². The van der Waals surface area contributed by atoms with Gasteiger partial charge in [0.05, 0.1) is 18.5 Å². The van der Waals surface area contributed by atoms with Crippen molar-refractivity contribution in [3.05, 3.63) is 36.0 Å². The Kier molecular flexibility index (Phi) is 3.31. The van der Waals surface area contributed by atoms with Gasteiger partial charge in [0.2, 0.25) is 0 Å². The molecular weight excluding hydrogens is 226 g/mol. The predicted molar refractivity (Wildman–Crippen MR) is 61.4 cm³/mol. The van der Waals surface area contributed by atoms with Gasteiger partial charge in [0, 0.05) is 17.8 Å². The van der Waals surface area contributed by atoms with Gasteiger partial charge < -0.3 is 4.74 Å². The van der Waals surface area contributed by atoms with Gasteiger partial charge in [0.15, 0.2) is 0 Å². The summed E-state index contributed by atoms with van der Waals surface area (Å²) in [6.45, 7) is 2.53. The number of hydrogen-bond acceptors (Lipinski definition) is 4. The number of nitrogens with zero attached hydrogens (tertiary/aromatic N) is 3. The van der Waals surface area contributed by atoms with Crippen molar-refractivity contribution in [3.63, 3.8) is 0 Å². The second-order valence-electron chi connectivity index (χ2n) is 3.07. The number of hydrogen-bond donors (Lipinski definition) is 0. The van der Waals surface area contributed by atoms with Gasteiger partial charge in [-0.05, 0) is 13.0 Å². The molecule has 0 saturated carbocycles. The van der Waals surface area contributed by atoms with Crippen LogP contribution in [0.2, 0.25) is 5.15 Å². The Morgan fingerprint density at radius 2 is 2.12 bits per heavy atom. The zero-order valence-corrected chi connectivity index (χ0v) is 9.48. The number of pyridine rings is 1. The summed E-state index contributed by atoms with van der Waals surface area (Å²) >= 11 is 5.79. The van der Waals surface area contributed by atoms with Gasteiger partial charge in [-0.2, -0.15) is 0 Å². The molecular formula is C11H10ClN3O. The van der Waals surface area contributed by atoms with E-state index in [1.54, 1.807) is 18.5 Å². The van der Waals surface area contributed by atoms with Crippen LogP contribution >= 0.6 is 11.6 Å². The highest BCUT2D eigenvalue weighted by atomic mass is 35.5. The van der Waals surface area contributed by atoms with E-state index >= 15 is 0 Å². The Bertz CT molecular complexity index is 490. The first kappa shape index (κ1) is 10.8. The van der Waals surface area contributed by atoms with Crippen molar-refractivity contribution < 1.29 is 4.74 Å². The fraction of sp³-hybridized carbons (Fsp3) is 0.182. The first-order chi connectivity index (χ1) is 7.79. The van der Waals surface area contributed by atoms with E-state index in [-0.39, 0.29) is 0 Å². The molecule has 0 aliphatic rings. The maximum Gasteiger partial charge on any atom is 0.138 e. The van der Waals surface area contributed by atoms with Crippen LogP contribution < -0.4 is 4.74 Å². The van der Waals surface area contributed by atoms with Crippen molar-refractivity contribution >= 4 is 11.6 Å². The van der Waals surface area contributed by atoms with Crippen molar-refractivity contribution in [3.8, 4) is 17.0 Å². The topological polar surface area (TPSA) is 47.9 Å². The summed E-state index contributed by atoms with van der Waals surface area (Å²) in [5, 5.41) is 0.409. The minimum atomic E-state index is 0.409. The fourth-order valence-electron chi connectivity index (χ4n) is 1.30. The molecule has 0 amide bonds. The van der Waals surface area contributed by atoms with E-state index in [2.05, 4.69) is 15.0 Å². The van der Waals surface area contributed by atoms with Crippen LogP contribution in [0.5, 0.6) is 5.75 Å². The van der Waals surface area contributed by atoms with E-state index in [1.807, 2.05) is 13.0 Å². The van der Waals surface area contributed by atoms with Crippen LogP contribution in [0.15, 0.2) is 30.9 Å². The van der Waals surface area contributed by atoms with Crippen molar-refractivity contribution in [2.24, 2.45) is 0 Å². The SMILES string of the molecule is CCOc1cncc(-c2cc(Cl)ncn2)c1. The average molecular weight is 236 g/mol. The van der Waals surface area contributed by atoms with Gasteiger partial charge in [-0.15, -0.1) is 0 Å². The van der Waals surface area contributed by atoms with E-state index < -0.39 is 0 Å². The van der Waals surface area contributed by atoms with Crippen LogP contribution in [0.3, 0.4) is 0 Å². The number of aromatic nitrogens is 3. The van der Waals surface area contributed by atoms with E-state index in [1.165, 1.54) is 6.33 Å². The molecule has 2 rings (SSSR count). The van der Waals surface area contributed by atoms with Crippen LogP contribution in [0.4, 0.5) is 0 Å². The number of rotatable bonds is 3. The first-order valence-corrected chi connectivity index (χ1v) is 5.23.